The second-order valence-corrected chi connectivity index (χ2v) is 6.83. The lowest BCUT2D eigenvalue weighted by molar-refractivity contribution is -0.122. The molecule has 6 nitrogen and oxygen atoms in total. The summed E-state index contributed by atoms with van der Waals surface area (Å²) in [6, 6.07) is 13.8. The molecular formula is C22H28FIN4O2. The molecule has 0 heterocycles. The van der Waals surface area contributed by atoms with E-state index >= 15 is 0 Å². The summed E-state index contributed by atoms with van der Waals surface area (Å²) < 4.78 is 19.7. The quantitative estimate of drug-likeness (QED) is 0.201. The number of nitrogens with zero attached hydrogens (tertiary/aromatic N) is 1. The largest absolute Gasteiger partial charge is 0.454 e. The highest BCUT2D eigenvalue weighted by Gasteiger charge is 2.28. The monoisotopic (exact) mass is 526 g/mol. The van der Waals surface area contributed by atoms with Gasteiger partial charge in [-0.05, 0) is 38.0 Å². The summed E-state index contributed by atoms with van der Waals surface area (Å²) in [5.41, 5.74) is 0.843. The zero-order valence-corrected chi connectivity index (χ0v) is 19.3. The van der Waals surface area contributed by atoms with Gasteiger partial charge < -0.3 is 20.7 Å². The van der Waals surface area contributed by atoms with Crippen LogP contribution in [0.2, 0.25) is 0 Å². The van der Waals surface area contributed by atoms with E-state index in [1.54, 1.807) is 24.3 Å². The van der Waals surface area contributed by atoms with Gasteiger partial charge in [0.15, 0.2) is 17.5 Å². The van der Waals surface area contributed by atoms with Crippen LogP contribution in [0.3, 0.4) is 0 Å². The smallest absolute Gasteiger partial charge is 0.223 e. The fraction of sp³-hybridized carbons (Fsp3) is 0.364. The van der Waals surface area contributed by atoms with Gasteiger partial charge in [0.05, 0.1) is 6.54 Å². The molecule has 8 heteroatoms. The van der Waals surface area contributed by atoms with Gasteiger partial charge in [-0.15, -0.1) is 24.0 Å². The van der Waals surface area contributed by atoms with E-state index in [0.29, 0.717) is 37.9 Å². The van der Waals surface area contributed by atoms with Crippen molar-refractivity contribution in [2.45, 2.75) is 26.3 Å². The summed E-state index contributed by atoms with van der Waals surface area (Å²) in [5.74, 6) is 1.33. The molecule has 1 fully saturated rings. The minimum absolute atomic E-state index is 0. The van der Waals surface area contributed by atoms with Crippen LogP contribution < -0.4 is 20.7 Å². The van der Waals surface area contributed by atoms with Gasteiger partial charge in [-0.2, -0.15) is 0 Å². The molecule has 3 N–H and O–H groups in total. The fourth-order valence-electron chi connectivity index (χ4n) is 2.74. The summed E-state index contributed by atoms with van der Waals surface area (Å²) >= 11 is 0. The molecule has 0 unspecified atom stereocenters. The third-order valence-electron chi connectivity index (χ3n) is 4.45. The van der Waals surface area contributed by atoms with Gasteiger partial charge in [0.1, 0.15) is 5.75 Å². The Morgan fingerprint density at radius 3 is 2.40 bits per heavy atom. The number of nitrogens with one attached hydrogen (secondary N) is 3. The molecule has 0 spiro atoms. The third-order valence-corrected chi connectivity index (χ3v) is 4.45. The number of carbonyl (C=O) groups excluding carboxylic acids is 1. The van der Waals surface area contributed by atoms with Crippen LogP contribution in [-0.4, -0.2) is 31.5 Å². The Labute approximate surface area is 193 Å². The van der Waals surface area contributed by atoms with E-state index in [-0.39, 0.29) is 41.6 Å². The predicted molar refractivity (Wildman–Crippen MR) is 127 cm³/mol. The number of para-hydroxylation sites is 2. The molecule has 30 heavy (non-hydrogen) atoms. The number of amides is 1. The van der Waals surface area contributed by atoms with E-state index in [1.807, 2.05) is 25.1 Å². The van der Waals surface area contributed by atoms with E-state index in [2.05, 4.69) is 20.9 Å². The van der Waals surface area contributed by atoms with Crippen molar-refractivity contribution in [1.82, 2.24) is 16.0 Å². The number of rotatable bonds is 9. The van der Waals surface area contributed by atoms with Crippen LogP contribution in [0.25, 0.3) is 0 Å². The van der Waals surface area contributed by atoms with Gasteiger partial charge >= 0.3 is 0 Å². The Kier molecular flexibility index (Phi) is 9.85. The first-order chi connectivity index (χ1) is 14.2. The van der Waals surface area contributed by atoms with Crippen molar-refractivity contribution < 1.29 is 13.9 Å². The zero-order chi connectivity index (χ0) is 20.5. The lowest BCUT2D eigenvalue weighted by Crippen LogP contribution is -2.41. The average Bonchev–Trinajstić information content (AvgIpc) is 3.57. The normalized spacial score (nSPS) is 13.2. The number of ether oxygens (including phenoxy) is 1. The standard InChI is InChI=1S/C22H27FN4O2.HI/c1-2-24-22(26-14-13-25-21(28)16-11-12-16)27-15-17-7-3-5-9-19(17)29-20-10-6-4-8-18(20)23;/h3-10,16H,2,11-15H2,1H3,(H,25,28)(H2,24,26,27);1H. The lowest BCUT2D eigenvalue weighted by atomic mass is 10.2. The van der Waals surface area contributed by atoms with Crippen LogP contribution in [0.4, 0.5) is 4.39 Å². The van der Waals surface area contributed by atoms with Crippen molar-refractivity contribution in [3.8, 4) is 11.5 Å². The highest BCUT2D eigenvalue weighted by atomic mass is 127. The molecule has 0 radical (unpaired) electrons. The highest BCUT2D eigenvalue weighted by Crippen LogP contribution is 2.29. The van der Waals surface area contributed by atoms with Crippen LogP contribution >= 0.6 is 24.0 Å². The van der Waals surface area contributed by atoms with Crippen LogP contribution in [0, 0.1) is 11.7 Å². The maximum Gasteiger partial charge on any atom is 0.223 e. The van der Waals surface area contributed by atoms with Gasteiger partial charge in [-0.3, -0.25) is 4.79 Å². The van der Waals surface area contributed by atoms with Gasteiger partial charge in [0.2, 0.25) is 5.91 Å². The number of guanidine groups is 1. The second kappa shape index (κ2) is 12.4. The Morgan fingerprint density at radius 1 is 1.03 bits per heavy atom. The third kappa shape index (κ3) is 7.47. The highest BCUT2D eigenvalue weighted by molar-refractivity contribution is 14.0. The molecule has 2 aromatic rings. The summed E-state index contributed by atoms with van der Waals surface area (Å²) in [4.78, 5) is 16.3. The van der Waals surface area contributed by atoms with Gasteiger partial charge in [-0.1, -0.05) is 30.3 Å². The van der Waals surface area contributed by atoms with Gasteiger partial charge in [-0.25, -0.2) is 9.38 Å². The van der Waals surface area contributed by atoms with Gasteiger partial charge in [0.25, 0.3) is 0 Å². The molecule has 2 aromatic carbocycles. The molecule has 0 atom stereocenters. The summed E-state index contributed by atoms with van der Waals surface area (Å²) in [7, 11) is 0. The molecule has 1 amide bonds. The number of carbonyl (C=O) groups is 1. The molecule has 0 saturated heterocycles. The number of hydrogen-bond acceptors (Lipinski definition) is 3. The number of halogens is 2. The number of benzene rings is 2. The summed E-state index contributed by atoms with van der Waals surface area (Å²) in [6.07, 6.45) is 2.00. The van der Waals surface area contributed by atoms with Crippen molar-refractivity contribution in [3.63, 3.8) is 0 Å². The Morgan fingerprint density at radius 2 is 1.70 bits per heavy atom. The molecule has 0 bridgehead atoms. The summed E-state index contributed by atoms with van der Waals surface area (Å²) in [6.45, 7) is 4.20. The first-order valence-electron chi connectivity index (χ1n) is 9.97. The van der Waals surface area contributed by atoms with Crippen LogP contribution in [0.5, 0.6) is 11.5 Å². The Balaban J connectivity index is 0.00000320. The van der Waals surface area contributed by atoms with Crippen LogP contribution in [-0.2, 0) is 11.3 Å². The SMILES string of the molecule is CCNC(=NCc1ccccc1Oc1ccccc1F)NCCNC(=O)C1CC1.I. The number of hydrogen-bond donors (Lipinski definition) is 3. The first kappa shape index (κ1) is 23.9. The van der Waals surface area contributed by atoms with Crippen molar-refractivity contribution in [2.75, 3.05) is 19.6 Å². The predicted octanol–water partition coefficient (Wildman–Crippen LogP) is 3.82. The van der Waals surface area contributed by atoms with Crippen LogP contribution in [0.1, 0.15) is 25.3 Å². The van der Waals surface area contributed by atoms with Crippen molar-refractivity contribution in [1.29, 1.82) is 0 Å². The fourth-order valence-corrected chi connectivity index (χ4v) is 2.74. The molecule has 0 aromatic heterocycles. The Bertz CT molecular complexity index is 859. The van der Waals surface area contributed by atoms with Crippen molar-refractivity contribution >= 4 is 35.8 Å². The van der Waals surface area contributed by atoms with Gasteiger partial charge in [0, 0.05) is 31.1 Å². The molecule has 1 aliphatic carbocycles. The van der Waals surface area contributed by atoms with E-state index in [9.17, 15) is 9.18 Å². The van der Waals surface area contributed by atoms with E-state index in [0.717, 1.165) is 18.4 Å². The molecule has 0 aliphatic heterocycles. The molecule has 1 saturated carbocycles. The van der Waals surface area contributed by atoms with E-state index < -0.39 is 5.82 Å². The summed E-state index contributed by atoms with van der Waals surface area (Å²) in [5, 5.41) is 9.30. The first-order valence-corrected chi connectivity index (χ1v) is 9.97. The molecule has 162 valence electrons. The van der Waals surface area contributed by atoms with Crippen LogP contribution in [0.15, 0.2) is 53.5 Å². The second-order valence-electron chi connectivity index (χ2n) is 6.83. The molecular weight excluding hydrogens is 498 g/mol. The maximum atomic E-state index is 13.9. The maximum absolute atomic E-state index is 13.9. The molecule has 1 aliphatic rings. The van der Waals surface area contributed by atoms with Crippen molar-refractivity contribution in [3.05, 3.63) is 59.9 Å². The Hall–Kier alpha value is -2.36. The minimum Gasteiger partial charge on any atom is -0.454 e. The molecule has 3 rings (SSSR count). The topological polar surface area (TPSA) is 74.8 Å². The number of aliphatic imine (C=N–C) groups is 1. The minimum atomic E-state index is -0.408. The lowest BCUT2D eigenvalue weighted by Gasteiger charge is -2.13. The van der Waals surface area contributed by atoms with E-state index in [4.69, 9.17) is 4.74 Å². The van der Waals surface area contributed by atoms with Crippen molar-refractivity contribution in [2.24, 2.45) is 10.9 Å². The zero-order valence-electron chi connectivity index (χ0n) is 17.0. The van der Waals surface area contributed by atoms with E-state index in [1.165, 1.54) is 6.07 Å². The average molecular weight is 526 g/mol.